The first-order valence-electron chi connectivity index (χ1n) is 9.68. The van der Waals surface area contributed by atoms with E-state index in [1.165, 1.54) is 23.3 Å². The Bertz CT molecular complexity index is 847. The first-order chi connectivity index (χ1) is 13.8. The predicted molar refractivity (Wildman–Crippen MR) is 112 cm³/mol. The Balaban J connectivity index is 1.45. The number of benzene rings is 3. The summed E-state index contributed by atoms with van der Waals surface area (Å²) >= 11 is 0. The van der Waals surface area contributed by atoms with Crippen molar-refractivity contribution in [2.24, 2.45) is 5.10 Å². The fourth-order valence-electron chi connectivity index (χ4n) is 3.67. The van der Waals surface area contributed by atoms with Crippen molar-refractivity contribution in [1.29, 1.82) is 0 Å². The molecule has 0 spiro atoms. The summed E-state index contributed by atoms with van der Waals surface area (Å²) in [6.45, 7) is 3.62. The minimum atomic E-state index is -0.223. The maximum atomic E-state index is 13.0. The number of halogens is 1. The van der Waals surface area contributed by atoms with E-state index in [1.807, 2.05) is 0 Å². The maximum Gasteiger partial charge on any atom is 0.123 e. The van der Waals surface area contributed by atoms with Gasteiger partial charge in [-0.05, 0) is 28.8 Å². The number of hydrazone groups is 1. The van der Waals surface area contributed by atoms with E-state index in [-0.39, 0.29) is 11.9 Å². The van der Waals surface area contributed by atoms with Crippen LogP contribution in [-0.4, -0.2) is 42.3 Å². The molecule has 1 aliphatic rings. The van der Waals surface area contributed by atoms with Crippen LogP contribution >= 0.6 is 0 Å². The van der Waals surface area contributed by atoms with Gasteiger partial charge in [0.05, 0.1) is 12.3 Å². The molecular formula is C24H24FN3. The molecule has 0 saturated carbocycles. The van der Waals surface area contributed by atoms with Crippen LogP contribution in [0.1, 0.15) is 22.7 Å². The molecule has 1 fully saturated rings. The molecule has 4 rings (SSSR count). The Morgan fingerprint density at radius 3 is 1.79 bits per heavy atom. The zero-order valence-corrected chi connectivity index (χ0v) is 15.8. The summed E-state index contributed by atoms with van der Waals surface area (Å²) in [5.41, 5.74) is 3.55. The van der Waals surface area contributed by atoms with Crippen LogP contribution < -0.4 is 0 Å². The van der Waals surface area contributed by atoms with Crippen LogP contribution in [0.2, 0.25) is 0 Å². The normalized spacial score (nSPS) is 15.4. The molecule has 0 N–H and O–H groups in total. The lowest BCUT2D eigenvalue weighted by Gasteiger charge is -2.38. The van der Waals surface area contributed by atoms with Crippen LogP contribution in [0.15, 0.2) is 90.0 Å². The van der Waals surface area contributed by atoms with Gasteiger partial charge in [-0.1, -0.05) is 72.8 Å². The molecule has 142 valence electrons. The summed E-state index contributed by atoms with van der Waals surface area (Å²) < 4.78 is 13.0. The monoisotopic (exact) mass is 373 g/mol. The number of hydrogen-bond donors (Lipinski definition) is 0. The quantitative estimate of drug-likeness (QED) is 0.610. The van der Waals surface area contributed by atoms with Gasteiger partial charge in [0.2, 0.25) is 0 Å². The predicted octanol–water partition coefficient (Wildman–Crippen LogP) is 4.57. The topological polar surface area (TPSA) is 18.8 Å². The van der Waals surface area contributed by atoms with Crippen molar-refractivity contribution >= 4 is 6.21 Å². The zero-order valence-electron chi connectivity index (χ0n) is 15.8. The number of nitrogens with zero attached hydrogens (tertiary/aromatic N) is 3. The van der Waals surface area contributed by atoms with E-state index in [9.17, 15) is 4.39 Å². The molecular weight excluding hydrogens is 349 g/mol. The fourth-order valence-corrected chi connectivity index (χ4v) is 3.67. The average molecular weight is 373 g/mol. The smallest absolute Gasteiger partial charge is 0.123 e. The van der Waals surface area contributed by atoms with Crippen molar-refractivity contribution < 1.29 is 4.39 Å². The Hall–Kier alpha value is -2.98. The van der Waals surface area contributed by atoms with E-state index in [0.717, 1.165) is 31.7 Å². The second-order valence-corrected chi connectivity index (χ2v) is 7.01. The third-order valence-corrected chi connectivity index (χ3v) is 5.13. The van der Waals surface area contributed by atoms with Gasteiger partial charge in [0.25, 0.3) is 0 Å². The van der Waals surface area contributed by atoms with E-state index in [0.29, 0.717) is 0 Å². The van der Waals surface area contributed by atoms with Crippen LogP contribution in [-0.2, 0) is 0 Å². The summed E-state index contributed by atoms with van der Waals surface area (Å²) in [5.74, 6) is -0.223. The van der Waals surface area contributed by atoms with Crippen molar-refractivity contribution in [3.05, 3.63) is 107 Å². The molecule has 0 amide bonds. The SMILES string of the molecule is Fc1ccc(/C=N/N2CCN(C(c3ccccc3)c3ccccc3)CC2)cc1. The van der Waals surface area contributed by atoms with E-state index in [1.54, 1.807) is 18.3 Å². The van der Waals surface area contributed by atoms with Gasteiger partial charge >= 0.3 is 0 Å². The molecule has 4 heteroatoms. The van der Waals surface area contributed by atoms with Gasteiger partial charge in [0.1, 0.15) is 5.82 Å². The third-order valence-electron chi connectivity index (χ3n) is 5.13. The zero-order chi connectivity index (χ0) is 19.2. The molecule has 3 aromatic rings. The van der Waals surface area contributed by atoms with Crippen LogP contribution in [0.4, 0.5) is 4.39 Å². The lowest BCUT2D eigenvalue weighted by Crippen LogP contribution is -2.45. The highest BCUT2D eigenvalue weighted by molar-refractivity contribution is 5.79. The first kappa shape index (κ1) is 18.4. The highest BCUT2D eigenvalue weighted by Gasteiger charge is 2.25. The van der Waals surface area contributed by atoms with Crippen LogP contribution in [0.3, 0.4) is 0 Å². The fraction of sp³-hybridized carbons (Fsp3) is 0.208. The third kappa shape index (κ3) is 4.46. The van der Waals surface area contributed by atoms with Crippen molar-refractivity contribution in [3.8, 4) is 0 Å². The summed E-state index contributed by atoms with van der Waals surface area (Å²) in [5, 5.41) is 6.67. The van der Waals surface area contributed by atoms with Gasteiger partial charge in [0, 0.05) is 26.2 Å². The maximum absolute atomic E-state index is 13.0. The van der Waals surface area contributed by atoms with E-state index < -0.39 is 0 Å². The molecule has 1 aliphatic heterocycles. The van der Waals surface area contributed by atoms with E-state index in [4.69, 9.17) is 0 Å². The van der Waals surface area contributed by atoms with Crippen molar-refractivity contribution in [2.75, 3.05) is 26.2 Å². The van der Waals surface area contributed by atoms with Gasteiger partial charge in [-0.15, -0.1) is 0 Å². The lowest BCUT2D eigenvalue weighted by atomic mass is 9.96. The molecule has 0 aromatic heterocycles. The lowest BCUT2D eigenvalue weighted by molar-refractivity contribution is 0.113. The van der Waals surface area contributed by atoms with Gasteiger partial charge in [0.15, 0.2) is 0 Å². The number of rotatable bonds is 5. The first-order valence-corrected chi connectivity index (χ1v) is 9.68. The second-order valence-electron chi connectivity index (χ2n) is 7.01. The highest BCUT2D eigenvalue weighted by Crippen LogP contribution is 2.29. The summed E-state index contributed by atoms with van der Waals surface area (Å²) in [6, 6.07) is 28.0. The Kier molecular flexibility index (Phi) is 5.78. The van der Waals surface area contributed by atoms with Crippen LogP contribution in [0.25, 0.3) is 0 Å². The minimum absolute atomic E-state index is 0.223. The highest BCUT2D eigenvalue weighted by atomic mass is 19.1. The van der Waals surface area contributed by atoms with Gasteiger partial charge in [-0.3, -0.25) is 9.91 Å². The van der Waals surface area contributed by atoms with Crippen LogP contribution in [0.5, 0.6) is 0 Å². The molecule has 1 heterocycles. The molecule has 0 bridgehead atoms. The second kappa shape index (κ2) is 8.81. The minimum Gasteiger partial charge on any atom is -0.294 e. The molecule has 0 unspecified atom stereocenters. The molecule has 3 aromatic carbocycles. The average Bonchev–Trinajstić information content (AvgIpc) is 2.76. The standard InChI is InChI=1S/C24H24FN3/c25-23-13-11-20(12-14-23)19-26-28-17-15-27(16-18-28)24(21-7-3-1-4-8-21)22-9-5-2-6-10-22/h1-14,19,24H,15-18H2/b26-19+. The van der Waals surface area contributed by atoms with Crippen LogP contribution in [0, 0.1) is 5.82 Å². The Morgan fingerprint density at radius 1 is 0.714 bits per heavy atom. The summed E-state index contributed by atoms with van der Waals surface area (Å²) in [7, 11) is 0. The number of piperazine rings is 1. The summed E-state index contributed by atoms with van der Waals surface area (Å²) in [6.07, 6.45) is 1.81. The Labute approximate surface area is 165 Å². The van der Waals surface area contributed by atoms with Gasteiger partial charge in [-0.25, -0.2) is 4.39 Å². The summed E-state index contributed by atoms with van der Waals surface area (Å²) in [4.78, 5) is 2.52. The molecule has 0 aliphatic carbocycles. The molecule has 3 nitrogen and oxygen atoms in total. The van der Waals surface area contributed by atoms with Gasteiger partial charge < -0.3 is 0 Å². The van der Waals surface area contributed by atoms with E-state index in [2.05, 4.69) is 75.7 Å². The number of hydrogen-bond acceptors (Lipinski definition) is 3. The van der Waals surface area contributed by atoms with Crippen molar-refractivity contribution in [3.63, 3.8) is 0 Å². The molecule has 28 heavy (non-hydrogen) atoms. The molecule has 0 atom stereocenters. The van der Waals surface area contributed by atoms with Crippen molar-refractivity contribution in [1.82, 2.24) is 9.91 Å². The largest absolute Gasteiger partial charge is 0.294 e. The van der Waals surface area contributed by atoms with Crippen molar-refractivity contribution in [2.45, 2.75) is 6.04 Å². The molecule has 1 saturated heterocycles. The molecule has 0 radical (unpaired) electrons. The van der Waals surface area contributed by atoms with Gasteiger partial charge in [-0.2, -0.15) is 5.10 Å². The van der Waals surface area contributed by atoms with E-state index >= 15 is 0 Å². The Morgan fingerprint density at radius 2 is 1.25 bits per heavy atom.